The molecule has 15 nitrogen and oxygen atoms in total. The van der Waals surface area contributed by atoms with Gasteiger partial charge in [0, 0.05) is 78.1 Å². The van der Waals surface area contributed by atoms with Gasteiger partial charge in [-0.1, -0.05) is 64.1 Å². The summed E-state index contributed by atoms with van der Waals surface area (Å²) in [5, 5.41) is 5.90. The van der Waals surface area contributed by atoms with E-state index >= 15 is 0 Å². The lowest BCUT2D eigenvalue weighted by Crippen LogP contribution is -2.45. The van der Waals surface area contributed by atoms with Gasteiger partial charge in [0.2, 0.25) is 17.7 Å². The van der Waals surface area contributed by atoms with E-state index in [2.05, 4.69) is 22.9 Å². The molecule has 0 aromatic heterocycles. The Morgan fingerprint density at radius 3 is 1.99 bits per heavy atom. The number of ketones is 2. The summed E-state index contributed by atoms with van der Waals surface area (Å²) in [7, 11) is 4.93. The SMILES string of the molecule is CCC(=O)CCCCC(=O)N[C@H](C(=O)C[C@@H](C)C(=O)Nc1cc(COc2cc3c(cc2OC)C(=O)N2c4ccccc4C[C@H]2CC3)cc(COc2cc3c(cc2OC)C(=O)N2c4ccccc4C[C@H]2[C-]=[N+]3C)c1)C(C)C. The van der Waals surface area contributed by atoms with E-state index in [4.69, 9.17) is 18.9 Å². The molecular formula is C61H67N5O10. The third-order valence-corrected chi connectivity index (χ3v) is 15.0. The summed E-state index contributed by atoms with van der Waals surface area (Å²) in [4.78, 5) is 84.5. The van der Waals surface area contributed by atoms with E-state index in [1.165, 1.54) is 12.7 Å². The average Bonchev–Trinajstić information content (AvgIpc) is 3.94. The van der Waals surface area contributed by atoms with Crippen LogP contribution in [0.4, 0.5) is 22.7 Å². The molecule has 4 aliphatic heterocycles. The fourth-order valence-corrected chi connectivity index (χ4v) is 10.9. The summed E-state index contributed by atoms with van der Waals surface area (Å²) in [6.45, 7) is 7.26. The summed E-state index contributed by atoms with van der Waals surface area (Å²) >= 11 is 0. The molecule has 0 saturated heterocycles. The predicted molar refractivity (Wildman–Crippen MR) is 290 cm³/mol. The van der Waals surface area contributed by atoms with Crippen molar-refractivity contribution in [1.82, 2.24) is 5.32 Å². The second kappa shape index (κ2) is 23.0. The molecule has 2 N–H and O–H groups in total. The Morgan fingerprint density at radius 1 is 0.724 bits per heavy atom. The highest BCUT2D eigenvalue weighted by atomic mass is 16.5. The van der Waals surface area contributed by atoms with Crippen LogP contribution in [0.25, 0.3) is 0 Å². The van der Waals surface area contributed by atoms with Crippen LogP contribution in [0.15, 0.2) is 91.0 Å². The zero-order valence-corrected chi connectivity index (χ0v) is 44.5. The molecule has 15 heteroatoms. The minimum absolute atomic E-state index is 0.0167. The first kappa shape index (κ1) is 53.0. The Bertz CT molecular complexity index is 3130. The lowest BCUT2D eigenvalue weighted by molar-refractivity contribution is -0.401. The van der Waals surface area contributed by atoms with Crippen molar-refractivity contribution >= 4 is 64.2 Å². The molecule has 0 unspecified atom stereocenters. The first-order chi connectivity index (χ1) is 36.6. The van der Waals surface area contributed by atoms with Crippen molar-refractivity contribution in [2.75, 3.05) is 36.4 Å². The van der Waals surface area contributed by atoms with Gasteiger partial charge in [-0.25, -0.2) is 0 Å². The molecule has 0 saturated carbocycles. The van der Waals surface area contributed by atoms with E-state index in [-0.39, 0.29) is 73.3 Å². The molecule has 76 heavy (non-hydrogen) atoms. The van der Waals surface area contributed by atoms with Crippen LogP contribution in [0.3, 0.4) is 0 Å². The van der Waals surface area contributed by atoms with Gasteiger partial charge in [0.05, 0.1) is 25.9 Å². The van der Waals surface area contributed by atoms with Crippen LogP contribution in [-0.4, -0.2) is 85.4 Å². The molecule has 0 aliphatic carbocycles. The van der Waals surface area contributed by atoms with Crippen LogP contribution in [0.2, 0.25) is 0 Å². The number of hydrogen-bond acceptors (Lipinski definition) is 10. The molecule has 0 spiro atoms. The third-order valence-electron chi connectivity index (χ3n) is 15.0. The van der Waals surface area contributed by atoms with E-state index < -0.39 is 17.9 Å². The van der Waals surface area contributed by atoms with Crippen LogP contribution in [0.5, 0.6) is 23.0 Å². The molecule has 5 aromatic carbocycles. The highest BCUT2D eigenvalue weighted by Crippen LogP contribution is 2.43. The van der Waals surface area contributed by atoms with Crippen molar-refractivity contribution < 1.29 is 52.3 Å². The Hall–Kier alpha value is -7.81. The highest BCUT2D eigenvalue weighted by molar-refractivity contribution is 6.13. The largest absolute Gasteiger partial charge is 0.493 e. The minimum Gasteiger partial charge on any atom is -0.493 e. The van der Waals surface area contributed by atoms with Gasteiger partial charge in [-0.3, -0.25) is 28.8 Å². The van der Waals surface area contributed by atoms with E-state index in [0.29, 0.717) is 95.2 Å². The fourth-order valence-electron chi connectivity index (χ4n) is 10.9. The predicted octanol–water partition coefficient (Wildman–Crippen LogP) is 9.40. The molecule has 0 radical (unpaired) electrons. The number of hydrogen-bond donors (Lipinski definition) is 2. The van der Waals surface area contributed by atoms with Crippen LogP contribution >= 0.6 is 0 Å². The van der Waals surface area contributed by atoms with Crippen molar-refractivity contribution in [2.24, 2.45) is 11.8 Å². The molecule has 4 atom stereocenters. The molecule has 4 heterocycles. The number of rotatable bonds is 21. The van der Waals surface area contributed by atoms with Crippen molar-refractivity contribution in [3.05, 3.63) is 130 Å². The zero-order chi connectivity index (χ0) is 53.8. The average molecular weight is 1030 g/mol. The van der Waals surface area contributed by atoms with E-state index in [1.54, 1.807) is 49.3 Å². The number of anilines is 3. The molecule has 4 aliphatic rings. The number of carbonyl (C=O) groups excluding carboxylic acids is 6. The second-order valence-corrected chi connectivity index (χ2v) is 20.7. The third kappa shape index (κ3) is 11.2. The van der Waals surface area contributed by atoms with Crippen molar-refractivity contribution in [3.63, 3.8) is 0 Å². The monoisotopic (exact) mass is 1030 g/mol. The fraction of sp³-hybridized carbons (Fsp3) is 0.393. The number of unbranched alkanes of at least 4 members (excludes halogenated alkanes) is 1. The van der Waals surface area contributed by atoms with Crippen molar-refractivity contribution in [2.45, 2.75) is 123 Å². The van der Waals surface area contributed by atoms with Gasteiger partial charge in [-0.05, 0) is 127 Å². The summed E-state index contributed by atoms with van der Waals surface area (Å²) < 4.78 is 26.6. The standard InChI is InChI=1S/C61H67N5O10/c1-8-46(67)17-11-14-20-57(69)63-58(36(2)3)52(68)23-37(4)59(70)62-43-25-38(34-75-55-29-40-21-22-44-27-41-15-9-12-18-49(41)65(44)60(71)47(40)30-53(55)73-6)24-39(26-43)35-76-56-32-51-48(31-54(56)74-7)61(72)66-45(33-64(51)5)28-42-16-10-13-19-50(42)66/h9-10,12-13,15-16,18-19,24-26,29-32,36-37,44-45,58H,8,11,14,17,20-23,27-28,34-35H2,1-7H3,(H,62,70)(H,63,69)/t37-,44-,45+,58+/m1/s1. The normalized spacial score (nSPS) is 16.9. The lowest BCUT2D eigenvalue weighted by atomic mass is 9.92. The first-order valence-electron chi connectivity index (χ1n) is 26.4. The number of benzene rings is 5. The zero-order valence-electron chi connectivity index (χ0n) is 44.5. The maximum atomic E-state index is 14.3. The number of nitrogens with zero attached hydrogens (tertiary/aromatic N) is 3. The molecule has 0 bridgehead atoms. The van der Waals surface area contributed by atoms with Gasteiger partial charge in [0.25, 0.3) is 5.91 Å². The highest BCUT2D eigenvalue weighted by Gasteiger charge is 2.39. The van der Waals surface area contributed by atoms with Gasteiger partial charge in [0.15, 0.2) is 23.0 Å². The Morgan fingerprint density at radius 2 is 1.33 bits per heavy atom. The number of Topliss-reactive ketones (excluding diaryl/α,β-unsaturated/α-hetero) is 2. The Kier molecular flexibility index (Phi) is 16.0. The van der Waals surface area contributed by atoms with Gasteiger partial charge < -0.3 is 44.0 Å². The second-order valence-electron chi connectivity index (χ2n) is 20.7. The molecule has 0 fully saturated rings. The smallest absolute Gasteiger partial charge is 0.258 e. The maximum Gasteiger partial charge on any atom is 0.258 e. The summed E-state index contributed by atoms with van der Waals surface area (Å²) in [6, 6.07) is 27.5. The quantitative estimate of drug-likeness (QED) is 0.0410. The Labute approximate surface area is 444 Å². The van der Waals surface area contributed by atoms with Gasteiger partial charge in [-0.2, -0.15) is 0 Å². The molecule has 396 valence electrons. The van der Waals surface area contributed by atoms with Gasteiger partial charge in [-0.15, -0.1) is 0 Å². The number of methoxy groups -OCH3 is 2. The number of carbonyl (C=O) groups is 6. The van der Waals surface area contributed by atoms with Crippen LogP contribution in [0, 0.1) is 11.8 Å². The Balaban J connectivity index is 0.952. The number of ether oxygens (including phenoxy) is 4. The van der Waals surface area contributed by atoms with Gasteiger partial charge >= 0.3 is 0 Å². The van der Waals surface area contributed by atoms with Crippen molar-refractivity contribution in [3.8, 4) is 23.0 Å². The topological polar surface area (TPSA) is 173 Å². The number of amides is 4. The van der Waals surface area contributed by atoms with Crippen LogP contribution < -0.4 is 39.4 Å². The van der Waals surface area contributed by atoms with Crippen LogP contribution in [0.1, 0.15) is 121 Å². The van der Waals surface area contributed by atoms with Gasteiger partial charge in [0.1, 0.15) is 31.8 Å². The number of aryl methyl sites for hydroxylation is 1. The first-order valence-corrected chi connectivity index (χ1v) is 26.4. The molecule has 5 aromatic rings. The molecular weight excluding hydrogens is 963 g/mol. The lowest BCUT2D eigenvalue weighted by Gasteiger charge is -2.23. The summed E-state index contributed by atoms with van der Waals surface area (Å²) in [5.41, 5.74) is 8.31. The van der Waals surface area contributed by atoms with E-state index in [9.17, 15) is 28.8 Å². The maximum absolute atomic E-state index is 14.3. The minimum atomic E-state index is -0.784. The van der Waals surface area contributed by atoms with Crippen molar-refractivity contribution in [1.29, 1.82) is 0 Å². The summed E-state index contributed by atoms with van der Waals surface area (Å²) in [5.74, 6) is -0.380. The van der Waals surface area contributed by atoms with E-state index in [1.807, 2.05) is 91.9 Å². The number of nitrogens with one attached hydrogen (secondary N) is 2. The molecule has 4 amide bonds. The number of para-hydroxylation sites is 2. The molecule has 9 rings (SSSR count). The van der Waals surface area contributed by atoms with Crippen LogP contribution in [-0.2, 0) is 51.7 Å². The summed E-state index contributed by atoms with van der Waals surface area (Å²) in [6.07, 6.45) is 8.50. The number of fused-ring (bicyclic) bond motifs is 8. The van der Waals surface area contributed by atoms with E-state index in [0.717, 1.165) is 35.3 Å².